The van der Waals surface area contributed by atoms with E-state index in [0.717, 1.165) is 35.2 Å². The largest absolute Gasteiger partial charge is 0.489 e. The summed E-state index contributed by atoms with van der Waals surface area (Å²) >= 11 is 5.91. The Morgan fingerprint density at radius 1 is 1.21 bits per heavy atom. The zero-order valence-corrected chi connectivity index (χ0v) is 17.3. The Hall–Kier alpha value is -3.06. The summed E-state index contributed by atoms with van der Waals surface area (Å²) in [6.07, 6.45) is 1.47. The minimum atomic E-state index is -0.0326. The maximum absolute atomic E-state index is 5.91. The molecule has 3 N–H and O–H groups in total. The number of nitrogens with one attached hydrogen (secondary N) is 3. The molecular weight excluding hydrogens is 388 g/mol. The van der Waals surface area contributed by atoms with Gasteiger partial charge in [0.15, 0.2) is 11.8 Å². The smallest absolute Gasteiger partial charge is 0.191 e. The van der Waals surface area contributed by atoms with Gasteiger partial charge in [-0.3, -0.25) is 5.10 Å². The van der Waals surface area contributed by atoms with Crippen LogP contribution in [0.2, 0.25) is 5.02 Å². The Labute approximate surface area is 175 Å². The average Bonchev–Trinajstić information content (AvgIpc) is 3.27. The number of H-pyrrole nitrogens is 1. The first-order chi connectivity index (χ1) is 14.1. The van der Waals surface area contributed by atoms with E-state index in [1.807, 2.05) is 56.3 Å². The van der Waals surface area contributed by atoms with E-state index in [1.54, 1.807) is 0 Å². The minimum Gasteiger partial charge on any atom is -0.489 e. The highest BCUT2D eigenvalue weighted by Crippen LogP contribution is 2.17. The molecule has 1 unspecified atom stereocenters. The average molecular weight is 413 g/mol. The molecule has 1 atom stereocenters. The van der Waals surface area contributed by atoms with E-state index in [2.05, 4.69) is 36.9 Å². The number of aromatic nitrogens is 3. The molecule has 0 bridgehead atoms. The summed E-state index contributed by atoms with van der Waals surface area (Å²) in [5.74, 6) is 2.27. The predicted molar refractivity (Wildman–Crippen MR) is 116 cm³/mol. The van der Waals surface area contributed by atoms with Crippen LogP contribution in [-0.4, -0.2) is 40.3 Å². The van der Waals surface area contributed by atoms with Crippen LogP contribution in [0.5, 0.6) is 5.75 Å². The highest BCUT2D eigenvalue weighted by molar-refractivity contribution is 6.30. The molecule has 0 spiro atoms. The lowest BCUT2D eigenvalue weighted by molar-refractivity contribution is 0.224. The van der Waals surface area contributed by atoms with Gasteiger partial charge in [-0.15, -0.1) is 0 Å². The van der Waals surface area contributed by atoms with Gasteiger partial charge in [-0.1, -0.05) is 29.8 Å². The van der Waals surface area contributed by atoms with E-state index >= 15 is 0 Å². The summed E-state index contributed by atoms with van der Waals surface area (Å²) in [5.41, 5.74) is 2.07. The standard InChI is InChI=1S/C21H25ClN6O/c1-3-23-21(24-12-15(2)29-19-9-7-18(22)8-10-19)25-13-16-5-4-6-17(11-16)20-26-14-27-28-20/h4-11,14-15H,3,12-13H2,1-2H3,(H2,23,24,25)(H,26,27,28). The van der Waals surface area contributed by atoms with Crippen LogP contribution in [0.15, 0.2) is 59.9 Å². The van der Waals surface area contributed by atoms with Gasteiger partial charge < -0.3 is 15.4 Å². The summed E-state index contributed by atoms with van der Waals surface area (Å²) in [5, 5.41) is 14.1. The molecule has 1 heterocycles. The molecule has 0 aliphatic heterocycles. The van der Waals surface area contributed by atoms with Crippen molar-refractivity contribution in [2.75, 3.05) is 13.1 Å². The number of benzene rings is 2. The summed E-state index contributed by atoms with van der Waals surface area (Å²) < 4.78 is 5.90. The second-order valence-corrected chi connectivity index (χ2v) is 6.93. The quantitative estimate of drug-likeness (QED) is 0.388. The molecular formula is C21H25ClN6O. The van der Waals surface area contributed by atoms with Crippen molar-refractivity contribution < 1.29 is 4.74 Å². The van der Waals surface area contributed by atoms with Crippen molar-refractivity contribution >= 4 is 17.6 Å². The molecule has 2 aromatic carbocycles. The summed E-state index contributed by atoms with van der Waals surface area (Å²) in [6, 6.07) is 15.4. The van der Waals surface area contributed by atoms with Crippen LogP contribution in [0, 0.1) is 0 Å². The number of guanidine groups is 1. The van der Waals surface area contributed by atoms with Gasteiger partial charge in [0, 0.05) is 17.1 Å². The maximum atomic E-state index is 5.91. The van der Waals surface area contributed by atoms with Gasteiger partial charge in [-0.2, -0.15) is 5.10 Å². The summed E-state index contributed by atoms with van der Waals surface area (Å²) in [7, 11) is 0. The first-order valence-electron chi connectivity index (χ1n) is 9.53. The number of halogens is 1. The Morgan fingerprint density at radius 3 is 2.76 bits per heavy atom. The van der Waals surface area contributed by atoms with Crippen LogP contribution < -0.4 is 15.4 Å². The van der Waals surface area contributed by atoms with Crippen molar-refractivity contribution in [2.24, 2.45) is 4.99 Å². The van der Waals surface area contributed by atoms with Gasteiger partial charge in [0.1, 0.15) is 18.2 Å². The van der Waals surface area contributed by atoms with Gasteiger partial charge in [-0.25, -0.2) is 9.98 Å². The zero-order valence-electron chi connectivity index (χ0n) is 16.5. The fourth-order valence-electron chi connectivity index (χ4n) is 2.70. The van der Waals surface area contributed by atoms with Crippen LogP contribution in [0.3, 0.4) is 0 Å². The normalized spacial score (nSPS) is 12.4. The van der Waals surface area contributed by atoms with Crippen LogP contribution in [0.25, 0.3) is 11.4 Å². The Balaban J connectivity index is 1.57. The van der Waals surface area contributed by atoms with Crippen molar-refractivity contribution in [3.63, 3.8) is 0 Å². The number of rotatable bonds is 8. The number of hydrogen-bond acceptors (Lipinski definition) is 4. The van der Waals surface area contributed by atoms with Crippen LogP contribution in [-0.2, 0) is 6.54 Å². The van der Waals surface area contributed by atoms with Crippen molar-refractivity contribution in [1.82, 2.24) is 25.8 Å². The van der Waals surface area contributed by atoms with E-state index < -0.39 is 0 Å². The fraction of sp³-hybridized carbons (Fsp3) is 0.286. The Morgan fingerprint density at radius 2 is 2.03 bits per heavy atom. The Bertz CT molecular complexity index is 911. The zero-order chi connectivity index (χ0) is 20.5. The lowest BCUT2D eigenvalue weighted by Crippen LogP contribution is -2.41. The number of aliphatic imine (C=N–C) groups is 1. The third kappa shape index (κ3) is 6.50. The van der Waals surface area contributed by atoms with Crippen LogP contribution in [0.4, 0.5) is 0 Å². The number of hydrogen-bond donors (Lipinski definition) is 3. The first-order valence-corrected chi connectivity index (χ1v) is 9.91. The Kier molecular flexibility index (Phi) is 7.47. The monoisotopic (exact) mass is 412 g/mol. The predicted octanol–water partition coefficient (Wildman–Crippen LogP) is 3.65. The lowest BCUT2D eigenvalue weighted by atomic mass is 10.1. The third-order valence-electron chi connectivity index (χ3n) is 4.09. The van der Waals surface area contributed by atoms with E-state index in [1.165, 1.54) is 6.33 Å². The SMILES string of the molecule is CCNC(=NCc1cccc(-c2ncn[nH]2)c1)NCC(C)Oc1ccc(Cl)cc1. The van der Waals surface area contributed by atoms with Crippen molar-refractivity contribution in [2.45, 2.75) is 26.5 Å². The van der Waals surface area contributed by atoms with Gasteiger partial charge in [-0.05, 0) is 49.7 Å². The van der Waals surface area contributed by atoms with E-state index in [4.69, 9.17) is 16.3 Å². The molecule has 8 heteroatoms. The van der Waals surface area contributed by atoms with Crippen molar-refractivity contribution in [1.29, 1.82) is 0 Å². The topological polar surface area (TPSA) is 87.2 Å². The molecule has 3 aromatic rings. The van der Waals surface area contributed by atoms with Crippen LogP contribution in [0.1, 0.15) is 19.4 Å². The molecule has 0 aliphatic rings. The molecule has 0 aliphatic carbocycles. The molecule has 29 heavy (non-hydrogen) atoms. The van der Waals surface area contributed by atoms with Crippen molar-refractivity contribution in [3.8, 4) is 17.1 Å². The fourth-order valence-corrected chi connectivity index (χ4v) is 2.83. The van der Waals surface area contributed by atoms with Gasteiger partial charge in [0.2, 0.25) is 0 Å². The number of nitrogens with zero attached hydrogens (tertiary/aromatic N) is 3. The third-order valence-corrected chi connectivity index (χ3v) is 4.34. The first kappa shape index (κ1) is 20.7. The number of ether oxygens (including phenoxy) is 1. The molecule has 0 fully saturated rings. The van der Waals surface area contributed by atoms with Crippen LogP contribution >= 0.6 is 11.6 Å². The second-order valence-electron chi connectivity index (χ2n) is 6.49. The lowest BCUT2D eigenvalue weighted by Gasteiger charge is -2.17. The molecule has 0 radical (unpaired) electrons. The number of aromatic amines is 1. The summed E-state index contributed by atoms with van der Waals surface area (Å²) in [6.45, 7) is 5.98. The minimum absolute atomic E-state index is 0.0326. The van der Waals surface area contributed by atoms with E-state index in [9.17, 15) is 0 Å². The van der Waals surface area contributed by atoms with E-state index in [-0.39, 0.29) is 6.10 Å². The maximum Gasteiger partial charge on any atom is 0.191 e. The highest BCUT2D eigenvalue weighted by Gasteiger charge is 2.07. The van der Waals surface area contributed by atoms with Gasteiger partial charge in [0.25, 0.3) is 0 Å². The van der Waals surface area contributed by atoms with Gasteiger partial charge >= 0.3 is 0 Å². The molecule has 0 saturated heterocycles. The molecule has 1 aromatic heterocycles. The molecule has 0 amide bonds. The van der Waals surface area contributed by atoms with Gasteiger partial charge in [0.05, 0.1) is 13.1 Å². The summed E-state index contributed by atoms with van der Waals surface area (Å²) in [4.78, 5) is 8.86. The molecule has 3 rings (SSSR count). The molecule has 0 saturated carbocycles. The van der Waals surface area contributed by atoms with Crippen molar-refractivity contribution in [3.05, 3.63) is 65.4 Å². The second kappa shape index (κ2) is 10.5. The molecule has 7 nitrogen and oxygen atoms in total. The molecule has 152 valence electrons. The highest BCUT2D eigenvalue weighted by atomic mass is 35.5. The van der Waals surface area contributed by atoms with E-state index in [0.29, 0.717) is 18.1 Å².